The molecule has 3 heterocycles. The molecule has 8 heteroatoms. The topological polar surface area (TPSA) is 92.2 Å². The largest absolute Gasteiger partial charge is 0.335 e. The van der Waals surface area contributed by atoms with Gasteiger partial charge < -0.3 is 9.80 Å². The molecule has 0 unspecified atom stereocenters. The Labute approximate surface area is 162 Å². The summed E-state index contributed by atoms with van der Waals surface area (Å²) in [7, 11) is 0. The van der Waals surface area contributed by atoms with Crippen LogP contribution < -0.4 is 0 Å². The zero-order valence-corrected chi connectivity index (χ0v) is 15.8. The van der Waals surface area contributed by atoms with Gasteiger partial charge in [0.25, 0.3) is 11.8 Å². The SMILES string of the molecule is Cc1nc2ccc(C(=O)N3CCN(C(=O)c4cnccn4)CC3)cc2nc1C. The average molecular weight is 376 g/mol. The van der Waals surface area contributed by atoms with Crippen LogP contribution in [-0.2, 0) is 0 Å². The van der Waals surface area contributed by atoms with Gasteiger partial charge in [-0.3, -0.25) is 14.6 Å². The highest BCUT2D eigenvalue weighted by molar-refractivity contribution is 5.97. The lowest BCUT2D eigenvalue weighted by Gasteiger charge is -2.34. The lowest BCUT2D eigenvalue weighted by molar-refractivity contribution is 0.0532. The van der Waals surface area contributed by atoms with E-state index in [2.05, 4.69) is 19.9 Å². The molecule has 1 aliphatic rings. The molecule has 1 aliphatic heterocycles. The maximum atomic E-state index is 12.9. The second-order valence-electron chi connectivity index (χ2n) is 6.77. The lowest BCUT2D eigenvalue weighted by Crippen LogP contribution is -2.50. The lowest BCUT2D eigenvalue weighted by atomic mass is 10.1. The first kappa shape index (κ1) is 18.0. The fraction of sp³-hybridized carbons (Fsp3) is 0.300. The normalized spacial score (nSPS) is 14.4. The molecule has 142 valence electrons. The molecule has 1 saturated heterocycles. The van der Waals surface area contributed by atoms with Gasteiger partial charge in [-0.1, -0.05) is 0 Å². The Kier molecular flexibility index (Phi) is 4.68. The molecule has 0 radical (unpaired) electrons. The number of piperazine rings is 1. The van der Waals surface area contributed by atoms with Crippen LogP contribution in [0.1, 0.15) is 32.2 Å². The summed E-state index contributed by atoms with van der Waals surface area (Å²) in [5.74, 6) is -0.222. The fourth-order valence-corrected chi connectivity index (χ4v) is 3.23. The highest BCUT2D eigenvalue weighted by Gasteiger charge is 2.26. The summed E-state index contributed by atoms with van der Waals surface area (Å²) in [6, 6.07) is 5.40. The maximum Gasteiger partial charge on any atom is 0.274 e. The van der Waals surface area contributed by atoms with Crippen molar-refractivity contribution in [1.29, 1.82) is 0 Å². The molecular formula is C20H20N6O2. The van der Waals surface area contributed by atoms with Gasteiger partial charge in [-0.2, -0.15) is 0 Å². The van der Waals surface area contributed by atoms with Crippen LogP contribution >= 0.6 is 0 Å². The first-order chi connectivity index (χ1) is 13.5. The van der Waals surface area contributed by atoms with E-state index in [-0.39, 0.29) is 11.8 Å². The third-order valence-electron chi connectivity index (χ3n) is 4.96. The highest BCUT2D eigenvalue weighted by Crippen LogP contribution is 2.17. The summed E-state index contributed by atoms with van der Waals surface area (Å²) in [6.07, 6.45) is 4.49. The minimum atomic E-state index is -0.160. The van der Waals surface area contributed by atoms with E-state index < -0.39 is 0 Å². The van der Waals surface area contributed by atoms with Crippen molar-refractivity contribution in [2.75, 3.05) is 26.2 Å². The molecule has 2 amide bonds. The van der Waals surface area contributed by atoms with Crippen molar-refractivity contribution in [3.63, 3.8) is 0 Å². The summed E-state index contributed by atoms with van der Waals surface area (Å²) >= 11 is 0. The molecule has 0 bridgehead atoms. The number of carbonyl (C=O) groups is 2. The quantitative estimate of drug-likeness (QED) is 0.675. The molecule has 0 aliphatic carbocycles. The maximum absolute atomic E-state index is 12.9. The zero-order chi connectivity index (χ0) is 19.7. The van der Waals surface area contributed by atoms with Gasteiger partial charge in [-0.15, -0.1) is 0 Å². The second kappa shape index (κ2) is 7.30. The van der Waals surface area contributed by atoms with E-state index in [4.69, 9.17) is 0 Å². The number of carbonyl (C=O) groups excluding carboxylic acids is 2. The molecule has 28 heavy (non-hydrogen) atoms. The molecule has 4 rings (SSSR count). The van der Waals surface area contributed by atoms with E-state index in [9.17, 15) is 9.59 Å². The molecule has 1 aromatic carbocycles. The predicted octanol–water partition coefficient (Wildman–Crippen LogP) is 1.63. The number of fused-ring (bicyclic) bond motifs is 1. The molecule has 0 spiro atoms. The highest BCUT2D eigenvalue weighted by atomic mass is 16.2. The van der Waals surface area contributed by atoms with E-state index in [1.54, 1.807) is 21.9 Å². The van der Waals surface area contributed by atoms with Gasteiger partial charge in [0, 0.05) is 44.1 Å². The molecule has 8 nitrogen and oxygen atoms in total. The zero-order valence-electron chi connectivity index (χ0n) is 15.8. The Morgan fingerprint density at radius 3 is 2.14 bits per heavy atom. The summed E-state index contributed by atoms with van der Waals surface area (Å²) in [6.45, 7) is 5.70. The molecule has 0 saturated carbocycles. The van der Waals surface area contributed by atoms with Gasteiger partial charge in [-0.25, -0.2) is 15.0 Å². The molecule has 0 N–H and O–H groups in total. The smallest absolute Gasteiger partial charge is 0.274 e. The van der Waals surface area contributed by atoms with Crippen LogP contribution in [0.15, 0.2) is 36.8 Å². The minimum absolute atomic E-state index is 0.0615. The summed E-state index contributed by atoms with van der Waals surface area (Å²) in [4.78, 5) is 45.8. The molecule has 0 atom stereocenters. The van der Waals surface area contributed by atoms with Gasteiger partial charge in [0.2, 0.25) is 0 Å². The number of amides is 2. The number of hydrogen-bond acceptors (Lipinski definition) is 6. The summed E-state index contributed by atoms with van der Waals surface area (Å²) in [5.41, 5.74) is 4.13. The van der Waals surface area contributed by atoms with E-state index in [1.165, 1.54) is 18.6 Å². The Bertz CT molecular complexity index is 1050. The van der Waals surface area contributed by atoms with E-state index in [0.29, 0.717) is 43.0 Å². The van der Waals surface area contributed by atoms with E-state index in [1.807, 2.05) is 19.9 Å². The van der Waals surface area contributed by atoms with Crippen LogP contribution in [0.25, 0.3) is 11.0 Å². The van der Waals surface area contributed by atoms with Gasteiger partial charge in [0.05, 0.1) is 28.6 Å². The van der Waals surface area contributed by atoms with Gasteiger partial charge in [0.15, 0.2) is 0 Å². The van der Waals surface area contributed by atoms with Crippen molar-refractivity contribution in [1.82, 2.24) is 29.7 Å². The van der Waals surface area contributed by atoms with Crippen LogP contribution in [0, 0.1) is 13.8 Å². The van der Waals surface area contributed by atoms with Crippen LogP contribution in [0.3, 0.4) is 0 Å². The van der Waals surface area contributed by atoms with Crippen LogP contribution in [0.5, 0.6) is 0 Å². The first-order valence-electron chi connectivity index (χ1n) is 9.12. The minimum Gasteiger partial charge on any atom is -0.335 e. The molecule has 1 fully saturated rings. The Morgan fingerprint density at radius 2 is 1.50 bits per heavy atom. The van der Waals surface area contributed by atoms with Crippen LogP contribution in [-0.4, -0.2) is 67.7 Å². The van der Waals surface area contributed by atoms with Gasteiger partial charge >= 0.3 is 0 Å². The Morgan fingerprint density at radius 1 is 0.857 bits per heavy atom. The predicted molar refractivity (Wildman–Crippen MR) is 103 cm³/mol. The van der Waals surface area contributed by atoms with Crippen molar-refractivity contribution >= 4 is 22.8 Å². The van der Waals surface area contributed by atoms with Gasteiger partial charge in [0.1, 0.15) is 5.69 Å². The van der Waals surface area contributed by atoms with Crippen molar-refractivity contribution in [2.24, 2.45) is 0 Å². The number of aryl methyl sites for hydroxylation is 2. The standard InChI is InChI=1S/C20H20N6O2/c1-13-14(2)24-17-11-15(3-4-16(17)23-13)19(27)25-7-9-26(10-8-25)20(28)18-12-21-5-6-22-18/h3-6,11-12H,7-10H2,1-2H3. The van der Waals surface area contributed by atoms with E-state index in [0.717, 1.165) is 16.9 Å². The van der Waals surface area contributed by atoms with E-state index >= 15 is 0 Å². The van der Waals surface area contributed by atoms with Crippen molar-refractivity contribution in [3.05, 3.63) is 59.4 Å². The number of aromatic nitrogens is 4. The first-order valence-corrected chi connectivity index (χ1v) is 9.12. The average Bonchev–Trinajstić information content (AvgIpc) is 2.74. The third kappa shape index (κ3) is 3.40. The number of benzene rings is 1. The Balaban J connectivity index is 1.46. The number of nitrogens with zero attached hydrogens (tertiary/aromatic N) is 6. The molecule has 3 aromatic rings. The number of rotatable bonds is 2. The molecular weight excluding hydrogens is 356 g/mol. The van der Waals surface area contributed by atoms with Crippen LogP contribution in [0.4, 0.5) is 0 Å². The molecule has 2 aromatic heterocycles. The monoisotopic (exact) mass is 376 g/mol. The van der Waals surface area contributed by atoms with Crippen molar-refractivity contribution in [3.8, 4) is 0 Å². The van der Waals surface area contributed by atoms with Crippen molar-refractivity contribution in [2.45, 2.75) is 13.8 Å². The summed E-state index contributed by atoms with van der Waals surface area (Å²) in [5, 5.41) is 0. The van der Waals surface area contributed by atoms with Crippen LogP contribution in [0.2, 0.25) is 0 Å². The third-order valence-corrected chi connectivity index (χ3v) is 4.96. The van der Waals surface area contributed by atoms with Gasteiger partial charge in [-0.05, 0) is 32.0 Å². The Hall–Kier alpha value is -3.42. The van der Waals surface area contributed by atoms with Crippen molar-refractivity contribution < 1.29 is 9.59 Å². The number of hydrogen-bond donors (Lipinski definition) is 0. The fourth-order valence-electron chi connectivity index (χ4n) is 3.23. The second-order valence-corrected chi connectivity index (χ2v) is 6.77. The summed E-state index contributed by atoms with van der Waals surface area (Å²) < 4.78 is 0.